The van der Waals surface area contributed by atoms with Crippen LogP contribution in [0.2, 0.25) is 0 Å². The smallest absolute Gasteiger partial charge is 0.379 e. The van der Waals surface area contributed by atoms with Crippen molar-refractivity contribution in [2.24, 2.45) is 5.92 Å². The van der Waals surface area contributed by atoms with Crippen molar-refractivity contribution in [3.05, 3.63) is 0 Å². The van der Waals surface area contributed by atoms with E-state index in [4.69, 9.17) is 4.74 Å². The molecule has 0 aromatic heterocycles. The number of morpholine rings is 1. The van der Waals surface area contributed by atoms with E-state index in [0.717, 1.165) is 13.1 Å². The summed E-state index contributed by atoms with van der Waals surface area (Å²) in [5.74, 6) is -1.45. The fraction of sp³-hybridized carbons (Fsp3) is 0.895. The number of piperazine rings is 1. The van der Waals surface area contributed by atoms with Crippen LogP contribution in [0.1, 0.15) is 25.7 Å². The number of nitrogens with zero attached hydrogens (tertiary/aromatic N) is 3. The molecule has 3 fully saturated rings. The van der Waals surface area contributed by atoms with Crippen LogP contribution in [0.3, 0.4) is 0 Å². The molecule has 10 heteroatoms. The van der Waals surface area contributed by atoms with Crippen molar-refractivity contribution < 1.29 is 27.5 Å². The standard InChI is InChI=1S/C19H31F3N4O3/c20-19(21,22)15-2-1-3-16(12-15)23-17(27)13-24-4-6-26(7-5-24)18(28)14-25-8-10-29-11-9-25/h15-16H,1-14H2,(H,23,27). The summed E-state index contributed by atoms with van der Waals surface area (Å²) < 4.78 is 44.0. The first-order chi connectivity index (χ1) is 13.8. The van der Waals surface area contributed by atoms with Crippen LogP contribution < -0.4 is 5.32 Å². The quantitative estimate of drug-likeness (QED) is 0.710. The Morgan fingerprint density at radius 2 is 1.59 bits per heavy atom. The van der Waals surface area contributed by atoms with Crippen molar-refractivity contribution in [3.8, 4) is 0 Å². The Morgan fingerprint density at radius 1 is 0.931 bits per heavy atom. The molecule has 2 heterocycles. The third-order valence-corrected chi connectivity index (χ3v) is 6.06. The maximum atomic E-state index is 12.9. The molecule has 166 valence electrons. The Kier molecular flexibility index (Phi) is 7.75. The lowest BCUT2D eigenvalue weighted by Crippen LogP contribution is -2.54. The van der Waals surface area contributed by atoms with E-state index in [1.165, 1.54) is 0 Å². The molecular formula is C19H31F3N4O3. The van der Waals surface area contributed by atoms with Gasteiger partial charge in [-0.2, -0.15) is 13.2 Å². The van der Waals surface area contributed by atoms with Crippen LogP contribution in [0.15, 0.2) is 0 Å². The van der Waals surface area contributed by atoms with Gasteiger partial charge in [-0.05, 0) is 19.3 Å². The number of hydrogen-bond acceptors (Lipinski definition) is 5. The molecule has 1 saturated carbocycles. The number of carbonyl (C=O) groups excluding carboxylic acids is 2. The third kappa shape index (κ3) is 6.82. The van der Waals surface area contributed by atoms with Crippen molar-refractivity contribution in [2.45, 2.75) is 37.9 Å². The number of alkyl halides is 3. The SMILES string of the molecule is O=C(CN1CCN(C(=O)CN2CCOCC2)CC1)NC1CCCC(C(F)(F)F)C1. The van der Waals surface area contributed by atoms with Crippen molar-refractivity contribution in [2.75, 3.05) is 65.6 Å². The Morgan fingerprint density at radius 3 is 2.24 bits per heavy atom. The van der Waals surface area contributed by atoms with E-state index in [-0.39, 0.29) is 31.2 Å². The largest absolute Gasteiger partial charge is 0.391 e. The van der Waals surface area contributed by atoms with Gasteiger partial charge < -0.3 is 15.0 Å². The fourth-order valence-electron chi connectivity index (χ4n) is 4.30. The summed E-state index contributed by atoms with van der Waals surface area (Å²) in [7, 11) is 0. The van der Waals surface area contributed by atoms with Crippen molar-refractivity contribution in [3.63, 3.8) is 0 Å². The number of rotatable bonds is 5. The normalized spacial score (nSPS) is 27.6. The van der Waals surface area contributed by atoms with Gasteiger partial charge in [0, 0.05) is 45.3 Å². The zero-order valence-electron chi connectivity index (χ0n) is 16.8. The summed E-state index contributed by atoms with van der Waals surface area (Å²) >= 11 is 0. The second-order valence-corrected chi connectivity index (χ2v) is 8.22. The molecule has 0 aromatic rings. The summed E-state index contributed by atoms with van der Waals surface area (Å²) in [6.07, 6.45) is -2.98. The number of carbonyl (C=O) groups is 2. The topological polar surface area (TPSA) is 65.1 Å². The van der Waals surface area contributed by atoms with E-state index in [9.17, 15) is 22.8 Å². The Hall–Kier alpha value is -1.39. The number of hydrogen-bond donors (Lipinski definition) is 1. The molecule has 1 aliphatic carbocycles. The minimum absolute atomic E-state index is 0.0287. The molecule has 3 rings (SSSR count). The molecule has 2 atom stereocenters. The van der Waals surface area contributed by atoms with Gasteiger partial charge in [-0.15, -0.1) is 0 Å². The van der Waals surface area contributed by atoms with Gasteiger partial charge in [0.05, 0.1) is 32.2 Å². The van der Waals surface area contributed by atoms with Crippen molar-refractivity contribution >= 4 is 11.8 Å². The number of nitrogens with one attached hydrogen (secondary N) is 1. The summed E-state index contributed by atoms with van der Waals surface area (Å²) in [6, 6.07) is -0.403. The summed E-state index contributed by atoms with van der Waals surface area (Å²) in [5.41, 5.74) is 0. The number of ether oxygens (including phenoxy) is 1. The molecule has 2 saturated heterocycles. The first-order valence-corrected chi connectivity index (χ1v) is 10.5. The molecule has 1 N–H and O–H groups in total. The second kappa shape index (κ2) is 10.1. The van der Waals surface area contributed by atoms with Crippen LogP contribution in [0.25, 0.3) is 0 Å². The molecule has 29 heavy (non-hydrogen) atoms. The molecule has 2 aliphatic heterocycles. The molecule has 2 unspecified atom stereocenters. The zero-order valence-corrected chi connectivity index (χ0v) is 16.8. The van der Waals surface area contributed by atoms with Gasteiger partial charge in [-0.3, -0.25) is 19.4 Å². The predicted octanol–water partition coefficient (Wildman–Crippen LogP) is 0.700. The minimum Gasteiger partial charge on any atom is -0.379 e. The highest BCUT2D eigenvalue weighted by atomic mass is 19.4. The van der Waals surface area contributed by atoms with Crippen molar-refractivity contribution in [1.82, 2.24) is 20.0 Å². The van der Waals surface area contributed by atoms with Gasteiger partial charge in [-0.25, -0.2) is 0 Å². The zero-order chi connectivity index (χ0) is 20.9. The van der Waals surface area contributed by atoms with E-state index < -0.39 is 18.1 Å². The molecule has 0 spiro atoms. The Bertz CT molecular complexity index is 561. The van der Waals surface area contributed by atoms with E-state index in [1.807, 2.05) is 9.80 Å². The fourth-order valence-corrected chi connectivity index (χ4v) is 4.30. The third-order valence-electron chi connectivity index (χ3n) is 6.06. The highest BCUT2D eigenvalue weighted by Gasteiger charge is 2.42. The average molecular weight is 420 g/mol. The summed E-state index contributed by atoms with van der Waals surface area (Å²) in [5, 5.41) is 2.78. The lowest BCUT2D eigenvalue weighted by Gasteiger charge is -2.36. The lowest BCUT2D eigenvalue weighted by atomic mass is 9.85. The van der Waals surface area contributed by atoms with E-state index in [0.29, 0.717) is 58.8 Å². The first-order valence-electron chi connectivity index (χ1n) is 10.5. The average Bonchev–Trinajstić information content (AvgIpc) is 2.69. The molecule has 7 nitrogen and oxygen atoms in total. The van der Waals surface area contributed by atoms with E-state index in [2.05, 4.69) is 10.2 Å². The summed E-state index contributed by atoms with van der Waals surface area (Å²) in [4.78, 5) is 30.6. The van der Waals surface area contributed by atoms with E-state index >= 15 is 0 Å². The van der Waals surface area contributed by atoms with Gasteiger partial charge in [0.25, 0.3) is 0 Å². The van der Waals surface area contributed by atoms with Crippen LogP contribution in [0.5, 0.6) is 0 Å². The summed E-state index contributed by atoms with van der Waals surface area (Å²) in [6.45, 7) is 5.72. The van der Waals surface area contributed by atoms with Crippen molar-refractivity contribution in [1.29, 1.82) is 0 Å². The minimum atomic E-state index is -4.19. The Labute approximate surface area is 169 Å². The molecule has 0 aromatic carbocycles. The monoisotopic (exact) mass is 420 g/mol. The van der Waals surface area contributed by atoms with Gasteiger partial charge in [-0.1, -0.05) is 6.42 Å². The predicted molar refractivity (Wildman–Crippen MR) is 100 cm³/mol. The van der Waals surface area contributed by atoms with Crippen LogP contribution in [0.4, 0.5) is 13.2 Å². The molecule has 0 bridgehead atoms. The number of amides is 2. The molecule has 3 aliphatic rings. The maximum absolute atomic E-state index is 12.9. The molecular weight excluding hydrogens is 389 g/mol. The van der Waals surface area contributed by atoms with Gasteiger partial charge in [0.2, 0.25) is 11.8 Å². The molecule has 2 amide bonds. The van der Waals surface area contributed by atoms with Gasteiger partial charge >= 0.3 is 6.18 Å². The van der Waals surface area contributed by atoms with Gasteiger partial charge in [0.1, 0.15) is 0 Å². The highest BCUT2D eigenvalue weighted by molar-refractivity contribution is 5.79. The number of halogens is 3. The van der Waals surface area contributed by atoms with Crippen LogP contribution in [0, 0.1) is 5.92 Å². The highest BCUT2D eigenvalue weighted by Crippen LogP contribution is 2.37. The Balaban J connectivity index is 1.35. The second-order valence-electron chi connectivity index (χ2n) is 8.22. The van der Waals surface area contributed by atoms with Crippen LogP contribution in [-0.2, 0) is 14.3 Å². The molecule has 0 radical (unpaired) electrons. The lowest BCUT2D eigenvalue weighted by molar-refractivity contribution is -0.184. The van der Waals surface area contributed by atoms with E-state index in [1.54, 1.807) is 0 Å². The van der Waals surface area contributed by atoms with Crippen LogP contribution in [-0.4, -0.2) is 104 Å². The van der Waals surface area contributed by atoms with Gasteiger partial charge in [0.15, 0.2) is 0 Å². The maximum Gasteiger partial charge on any atom is 0.391 e. The first kappa shape index (κ1) is 22.3. The van der Waals surface area contributed by atoms with Crippen LogP contribution >= 0.6 is 0 Å².